The van der Waals surface area contributed by atoms with Gasteiger partial charge in [-0.15, -0.1) is 0 Å². The van der Waals surface area contributed by atoms with Crippen molar-refractivity contribution < 1.29 is 8.42 Å². The average molecular weight is 606 g/mol. The zero-order valence-corrected chi connectivity index (χ0v) is 23.7. The van der Waals surface area contributed by atoms with E-state index >= 15 is 0 Å². The van der Waals surface area contributed by atoms with Crippen LogP contribution in [0.15, 0.2) is 33.2 Å². The van der Waals surface area contributed by atoms with Crippen LogP contribution in [0.2, 0.25) is 0 Å². The lowest BCUT2D eigenvalue weighted by Crippen LogP contribution is -2.49. The van der Waals surface area contributed by atoms with Crippen molar-refractivity contribution in [2.75, 3.05) is 60.0 Å². The summed E-state index contributed by atoms with van der Waals surface area (Å²) in [4.78, 5) is 13.5. The highest BCUT2D eigenvalue weighted by atomic mass is 79.9. The van der Waals surface area contributed by atoms with E-state index < -0.39 is 9.84 Å². The van der Waals surface area contributed by atoms with E-state index in [1.807, 2.05) is 37.7 Å². The number of halogens is 2. The van der Waals surface area contributed by atoms with Gasteiger partial charge in [-0.05, 0) is 82.0 Å². The highest BCUT2D eigenvalue weighted by Gasteiger charge is 2.30. The Labute approximate surface area is 212 Å². The Balaban J connectivity index is 0.000000182. The van der Waals surface area contributed by atoms with Crippen LogP contribution in [0.3, 0.4) is 0 Å². The van der Waals surface area contributed by atoms with E-state index in [4.69, 9.17) is 0 Å². The van der Waals surface area contributed by atoms with Crippen LogP contribution in [0.1, 0.15) is 11.4 Å². The molecule has 0 unspecified atom stereocenters. The summed E-state index contributed by atoms with van der Waals surface area (Å²) in [5.74, 6) is 4.69. The van der Waals surface area contributed by atoms with Gasteiger partial charge in [0.2, 0.25) is 0 Å². The van der Waals surface area contributed by atoms with Crippen molar-refractivity contribution in [1.82, 2.24) is 9.97 Å². The number of aryl methyl sites for hydroxylation is 2. The summed E-state index contributed by atoms with van der Waals surface area (Å²) >= 11 is 8.81. The van der Waals surface area contributed by atoms with E-state index in [0.717, 1.165) is 64.1 Å². The third-order valence-corrected chi connectivity index (χ3v) is 9.07. The van der Waals surface area contributed by atoms with Gasteiger partial charge in [0.05, 0.1) is 17.1 Å². The molecule has 0 N–H and O–H groups in total. The van der Waals surface area contributed by atoms with Gasteiger partial charge in [0.1, 0.15) is 21.5 Å². The van der Waals surface area contributed by atoms with Crippen LogP contribution in [0.25, 0.3) is 0 Å². The van der Waals surface area contributed by atoms with Crippen LogP contribution in [-0.2, 0) is 9.84 Å². The van der Waals surface area contributed by atoms with Gasteiger partial charge in [-0.1, -0.05) is 0 Å². The molecule has 0 spiro atoms. The van der Waals surface area contributed by atoms with Crippen LogP contribution in [-0.4, -0.2) is 68.6 Å². The van der Waals surface area contributed by atoms with Crippen LogP contribution in [0.5, 0.6) is 0 Å². The summed E-state index contributed by atoms with van der Waals surface area (Å²) in [6, 6.07) is 8.10. The number of rotatable bonds is 6. The molecule has 176 valence electrons. The van der Waals surface area contributed by atoms with Gasteiger partial charge in [0.25, 0.3) is 0 Å². The predicted molar refractivity (Wildman–Crippen MR) is 143 cm³/mol. The first kappa shape index (κ1) is 25.8. The maximum Gasteiger partial charge on any atom is 0.147 e. The molecule has 0 radical (unpaired) electrons. The fraction of sp³-hybridized carbons (Fsp3) is 0.545. The molecule has 2 fully saturated rings. The van der Waals surface area contributed by atoms with Crippen molar-refractivity contribution in [3.8, 4) is 0 Å². The summed E-state index contributed by atoms with van der Waals surface area (Å²) < 4.78 is 24.4. The molecule has 2 saturated heterocycles. The first-order chi connectivity index (χ1) is 15.1. The SMILES string of the molecule is CSCC1CN(c2ccc(Br)c(C)n2)C1.Cc1nc(N2CC(CS(C)(=O)=O)C2)ccc1Br. The topological polar surface area (TPSA) is 66.4 Å². The number of aromatic nitrogens is 2. The molecule has 4 rings (SSSR count). The summed E-state index contributed by atoms with van der Waals surface area (Å²) in [5, 5.41) is 0. The van der Waals surface area contributed by atoms with Gasteiger partial charge in [-0.2, -0.15) is 11.8 Å². The van der Waals surface area contributed by atoms with E-state index in [-0.39, 0.29) is 11.7 Å². The molecule has 32 heavy (non-hydrogen) atoms. The fourth-order valence-corrected chi connectivity index (χ4v) is 5.99. The molecule has 10 heteroatoms. The molecule has 6 nitrogen and oxygen atoms in total. The second-order valence-electron chi connectivity index (χ2n) is 8.56. The predicted octanol–water partition coefficient (Wildman–Crippen LogP) is 4.59. The fourth-order valence-electron chi connectivity index (χ4n) is 3.80. The maximum absolute atomic E-state index is 11.1. The minimum Gasteiger partial charge on any atom is -0.356 e. The van der Waals surface area contributed by atoms with Gasteiger partial charge < -0.3 is 9.80 Å². The molecule has 0 amide bonds. The first-order valence-electron chi connectivity index (χ1n) is 10.5. The number of anilines is 2. The summed E-state index contributed by atoms with van der Waals surface area (Å²) in [6.07, 6.45) is 3.46. The standard InChI is InChI=1S/C11H15BrN2O2S.C11H15BrN2S/c1-8-10(12)3-4-11(13-8)14-5-9(6-14)7-17(2,15)16;1-8-10(12)3-4-11(13-8)14-5-9(6-14)7-15-2/h3-4,9H,5-7H2,1-2H3;3-4,9H,5-7H2,1-2H3. The molecule has 0 saturated carbocycles. The minimum atomic E-state index is -2.86. The lowest BCUT2D eigenvalue weighted by Gasteiger charge is -2.40. The van der Waals surface area contributed by atoms with Crippen molar-refractivity contribution in [1.29, 1.82) is 0 Å². The maximum atomic E-state index is 11.1. The molecule has 0 bridgehead atoms. The van der Waals surface area contributed by atoms with Crippen LogP contribution in [0, 0.1) is 25.7 Å². The minimum absolute atomic E-state index is 0.246. The number of pyridine rings is 2. The van der Waals surface area contributed by atoms with Crippen LogP contribution in [0.4, 0.5) is 11.6 Å². The Morgan fingerprint density at radius 1 is 0.906 bits per heavy atom. The van der Waals surface area contributed by atoms with Gasteiger partial charge in [-0.3, -0.25) is 0 Å². The van der Waals surface area contributed by atoms with Gasteiger partial charge in [-0.25, -0.2) is 18.4 Å². The molecule has 0 atom stereocenters. The molecular weight excluding hydrogens is 576 g/mol. The Bertz CT molecular complexity index is 1040. The third-order valence-electron chi connectivity index (χ3n) is 5.52. The Morgan fingerprint density at radius 2 is 1.34 bits per heavy atom. The van der Waals surface area contributed by atoms with E-state index in [2.05, 4.69) is 70.0 Å². The van der Waals surface area contributed by atoms with E-state index in [9.17, 15) is 8.42 Å². The highest BCUT2D eigenvalue weighted by Crippen LogP contribution is 2.27. The van der Waals surface area contributed by atoms with E-state index in [1.54, 1.807) is 0 Å². The molecule has 2 aromatic rings. The Morgan fingerprint density at radius 3 is 1.72 bits per heavy atom. The smallest absolute Gasteiger partial charge is 0.147 e. The quantitative estimate of drug-likeness (QED) is 0.477. The van der Waals surface area contributed by atoms with Crippen LogP contribution < -0.4 is 9.80 Å². The zero-order chi connectivity index (χ0) is 23.5. The van der Waals surface area contributed by atoms with Gasteiger partial charge in [0.15, 0.2) is 0 Å². The third kappa shape index (κ3) is 7.08. The molecule has 0 aliphatic carbocycles. The summed E-state index contributed by atoms with van der Waals surface area (Å²) in [5.41, 5.74) is 2.02. The number of nitrogens with zero attached hydrogens (tertiary/aromatic N) is 4. The van der Waals surface area contributed by atoms with Crippen LogP contribution >= 0.6 is 43.6 Å². The molecule has 2 aliphatic heterocycles. The van der Waals surface area contributed by atoms with Gasteiger partial charge in [0, 0.05) is 53.2 Å². The normalized spacial score (nSPS) is 16.8. The second kappa shape index (κ2) is 11.1. The first-order valence-corrected chi connectivity index (χ1v) is 15.5. The van der Waals surface area contributed by atoms with E-state index in [0.29, 0.717) is 0 Å². The average Bonchev–Trinajstić information content (AvgIpc) is 2.65. The van der Waals surface area contributed by atoms with Gasteiger partial charge >= 0.3 is 0 Å². The number of hydrogen-bond acceptors (Lipinski definition) is 7. The molecular formula is C22H30Br2N4O2S2. The van der Waals surface area contributed by atoms with E-state index in [1.165, 1.54) is 12.0 Å². The summed E-state index contributed by atoms with van der Waals surface area (Å²) in [6.45, 7) is 7.86. The molecule has 0 aromatic carbocycles. The monoisotopic (exact) mass is 604 g/mol. The molecule has 2 aliphatic rings. The molecule has 4 heterocycles. The Kier molecular flexibility index (Phi) is 8.91. The van der Waals surface area contributed by atoms with Crippen molar-refractivity contribution in [2.24, 2.45) is 11.8 Å². The zero-order valence-electron chi connectivity index (χ0n) is 18.9. The Hall–Kier alpha value is -0.840. The van der Waals surface area contributed by atoms with Crippen molar-refractivity contribution in [3.63, 3.8) is 0 Å². The van der Waals surface area contributed by atoms with Crippen molar-refractivity contribution in [3.05, 3.63) is 44.6 Å². The number of sulfone groups is 1. The lowest BCUT2D eigenvalue weighted by molar-refractivity contribution is 0.441. The largest absolute Gasteiger partial charge is 0.356 e. The van der Waals surface area contributed by atoms with Crippen molar-refractivity contribution in [2.45, 2.75) is 13.8 Å². The van der Waals surface area contributed by atoms with Crippen molar-refractivity contribution >= 4 is 65.1 Å². The second-order valence-corrected chi connectivity index (χ2v) is 13.4. The number of hydrogen-bond donors (Lipinski definition) is 0. The molecule has 2 aromatic heterocycles. The summed E-state index contributed by atoms with van der Waals surface area (Å²) in [7, 11) is -2.86. The highest BCUT2D eigenvalue weighted by molar-refractivity contribution is 9.10. The lowest BCUT2D eigenvalue weighted by atomic mass is 10.0. The number of thioether (sulfide) groups is 1.